The summed E-state index contributed by atoms with van der Waals surface area (Å²) in [5.74, 6) is -0.335. The van der Waals surface area contributed by atoms with Gasteiger partial charge in [-0.15, -0.1) is 0 Å². The van der Waals surface area contributed by atoms with Gasteiger partial charge in [-0.05, 0) is 30.4 Å². The summed E-state index contributed by atoms with van der Waals surface area (Å²) in [5.41, 5.74) is 2.06. The van der Waals surface area contributed by atoms with Crippen LogP contribution < -0.4 is 0 Å². The minimum Gasteiger partial charge on any atom is -0.452 e. The Morgan fingerprint density at radius 2 is 1.62 bits per heavy atom. The third-order valence-electron chi connectivity index (χ3n) is 4.50. The summed E-state index contributed by atoms with van der Waals surface area (Å²) in [7, 11) is 0. The quantitative estimate of drug-likeness (QED) is 0.384. The molecular weight excluding hydrogens is 324 g/mol. The van der Waals surface area contributed by atoms with Crippen LogP contribution in [0.15, 0.2) is 42.7 Å². The third-order valence-corrected chi connectivity index (χ3v) is 4.50. The van der Waals surface area contributed by atoms with Crippen molar-refractivity contribution in [1.82, 2.24) is 9.97 Å². The van der Waals surface area contributed by atoms with Crippen molar-refractivity contribution in [1.29, 1.82) is 0 Å². The van der Waals surface area contributed by atoms with Crippen molar-refractivity contribution in [3.05, 3.63) is 59.7 Å². The molecule has 4 nitrogen and oxygen atoms in total. The summed E-state index contributed by atoms with van der Waals surface area (Å²) in [6.45, 7) is 4.22. The second-order valence-electron chi connectivity index (χ2n) is 6.65. The van der Waals surface area contributed by atoms with Crippen LogP contribution in [0, 0.1) is 0 Å². The minimum absolute atomic E-state index is 0.131. The maximum absolute atomic E-state index is 12.3. The molecule has 1 atom stereocenters. The first kappa shape index (κ1) is 20.1. The number of esters is 1. The molecule has 2 aromatic rings. The van der Waals surface area contributed by atoms with Gasteiger partial charge < -0.3 is 4.74 Å². The molecule has 4 heteroatoms. The molecule has 0 amide bonds. The lowest BCUT2D eigenvalue weighted by atomic mass is 10.1. The fourth-order valence-electron chi connectivity index (χ4n) is 2.94. The number of ether oxygens (including phenoxy) is 1. The molecule has 0 spiro atoms. The number of hydrogen-bond donors (Lipinski definition) is 0. The number of carbonyl (C=O) groups excluding carboxylic acids is 1. The number of hydrogen-bond acceptors (Lipinski definition) is 4. The normalized spacial score (nSPS) is 11.9. The molecule has 140 valence electrons. The number of rotatable bonds is 11. The van der Waals surface area contributed by atoms with Crippen LogP contribution in [0.2, 0.25) is 0 Å². The van der Waals surface area contributed by atoms with Crippen molar-refractivity contribution in [2.45, 2.75) is 71.3 Å². The van der Waals surface area contributed by atoms with Crippen molar-refractivity contribution >= 4 is 5.97 Å². The molecule has 1 aromatic carbocycles. The smallest absolute Gasteiger partial charge is 0.376 e. The van der Waals surface area contributed by atoms with Crippen LogP contribution in [0.1, 0.15) is 86.6 Å². The summed E-state index contributed by atoms with van der Waals surface area (Å²) in [4.78, 5) is 20.7. The largest absolute Gasteiger partial charge is 0.452 e. The number of aromatic nitrogens is 2. The highest BCUT2D eigenvalue weighted by Crippen LogP contribution is 2.21. The summed E-state index contributed by atoms with van der Waals surface area (Å²) in [6, 6.07) is 9.76. The highest BCUT2D eigenvalue weighted by Gasteiger charge is 2.18. The molecule has 0 bridgehead atoms. The van der Waals surface area contributed by atoms with Gasteiger partial charge in [0.2, 0.25) is 5.82 Å². The number of benzene rings is 1. The van der Waals surface area contributed by atoms with E-state index in [2.05, 4.69) is 16.9 Å². The van der Waals surface area contributed by atoms with Gasteiger partial charge in [0.15, 0.2) is 0 Å². The van der Waals surface area contributed by atoms with Gasteiger partial charge in [0.25, 0.3) is 0 Å². The van der Waals surface area contributed by atoms with Crippen LogP contribution in [0.4, 0.5) is 0 Å². The fourth-order valence-corrected chi connectivity index (χ4v) is 2.94. The molecule has 0 N–H and O–H groups in total. The Bertz CT molecular complexity index is 641. The molecule has 0 aliphatic heterocycles. The Morgan fingerprint density at radius 1 is 0.962 bits per heavy atom. The number of carbonyl (C=O) groups is 1. The lowest BCUT2D eigenvalue weighted by molar-refractivity contribution is 0.0273. The molecule has 0 radical (unpaired) electrons. The number of unbranched alkanes of at least 4 members (excludes halogenated alkanes) is 5. The predicted octanol–water partition coefficient (Wildman–Crippen LogP) is 5.69. The van der Waals surface area contributed by atoms with Gasteiger partial charge in [-0.1, -0.05) is 76.3 Å². The summed E-state index contributed by atoms with van der Waals surface area (Å²) in [6.07, 6.45) is 12.5. The van der Waals surface area contributed by atoms with Gasteiger partial charge in [-0.25, -0.2) is 14.8 Å². The van der Waals surface area contributed by atoms with Crippen LogP contribution in [-0.2, 0) is 11.2 Å². The van der Waals surface area contributed by atoms with E-state index in [1.54, 1.807) is 12.4 Å². The Balaban J connectivity index is 1.82. The first-order valence-corrected chi connectivity index (χ1v) is 9.81. The van der Waals surface area contributed by atoms with Crippen molar-refractivity contribution in [3.63, 3.8) is 0 Å². The van der Waals surface area contributed by atoms with Gasteiger partial charge in [-0.3, -0.25) is 0 Å². The van der Waals surface area contributed by atoms with E-state index in [1.807, 2.05) is 37.3 Å². The van der Waals surface area contributed by atoms with Crippen LogP contribution in [0.25, 0.3) is 0 Å². The lowest BCUT2D eigenvalue weighted by Crippen LogP contribution is -2.14. The van der Waals surface area contributed by atoms with E-state index >= 15 is 0 Å². The van der Waals surface area contributed by atoms with Crippen molar-refractivity contribution < 1.29 is 9.53 Å². The van der Waals surface area contributed by atoms with E-state index in [0.717, 1.165) is 24.0 Å². The van der Waals surface area contributed by atoms with Gasteiger partial charge in [0.1, 0.15) is 6.10 Å². The van der Waals surface area contributed by atoms with E-state index in [-0.39, 0.29) is 11.9 Å². The van der Waals surface area contributed by atoms with Gasteiger partial charge in [0.05, 0.1) is 0 Å². The second-order valence-corrected chi connectivity index (χ2v) is 6.65. The fraction of sp³-hybridized carbons (Fsp3) is 0.500. The Hall–Kier alpha value is -2.23. The van der Waals surface area contributed by atoms with Gasteiger partial charge >= 0.3 is 5.97 Å². The van der Waals surface area contributed by atoms with Crippen molar-refractivity contribution in [2.24, 2.45) is 0 Å². The van der Waals surface area contributed by atoms with Gasteiger partial charge in [-0.2, -0.15) is 0 Å². The standard InChI is InChI=1S/C22H30N2O2/c1-3-5-6-7-8-10-13-18-16-23-21(24-17-18)22(25)26-20(4-2)19-14-11-9-12-15-19/h9,11-12,14-17,20H,3-8,10,13H2,1-2H3. The molecule has 0 saturated heterocycles. The average molecular weight is 354 g/mol. The maximum Gasteiger partial charge on any atom is 0.376 e. The Morgan fingerprint density at radius 3 is 2.27 bits per heavy atom. The maximum atomic E-state index is 12.3. The summed E-state index contributed by atoms with van der Waals surface area (Å²) >= 11 is 0. The second kappa shape index (κ2) is 11.4. The zero-order chi connectivity index (χ0) is 18.6. The molecule has 2 rings (SSSR count). The van der Waals surface area contributed by atoms with E-state index in [4.69, 9.17) is 4.74 Å². The molecule has 0 fully saturated rings. The highest BCUT2D eigenvalue weighted by atomic mass is 16.5. The highest BCUT2D eigenvalue weighted by molar-refractivity contribution is 5.85. The topological polar surface area (TPSA) is 52.1 Å². The summed E-state index contributed by atoms with van der Waals surface area (Å²) < 4.78 is 5.58. The molecule has 0 aliphatic rings. The van der Waals surface area contributed by atoms with E-state index in [9.17, 15) is 4.79 Å². The van der Waals surface area contributed by atoms with Crippen LogP contribution >= 0.6 is 0 Å². The van der Waals surface area contributed by atoms with Crippen LogP contribution in [-0.4, -0.2) is 15.9 Å². The van der Waals surface area contributed by atoms with Crippen LogP contribution in [0.3, 0.4) is 0 Å². The first-order chi connectivity index (χ1) is 12.7. The minimum atomic E-state index is -0.466. The third kappa shape index (κ3) is 6.58. The van der Waals surface area contributed by atoms with E-state index < -0.39 is 5.97 Å². The summed E-state index contributed by atoms with van der Waals surface area (Å²) in [5, 5.41) is 0. The lowest BCUT2D eigenvalue weighted by Gasteiger charge is -2.15. The molecule has 1 aromatic heterocycles. The van der Waals surface area contributed by atoms with E-state index in [0.29, 0.717) is 6.42 Å². The number of nitrogens with zero attached hydrogens (tertiary/aromatic N) is 2. The molecule has 1 heterocycles. The Kier molecular flexibility index (Phi) is 8.81. The van der Waals surface area contributed by atoms with E-state index in [1.165, 1.54) is 32.1 Å². The van der Waals surface area contributed by atoms with Gasteiger partial charge in [0, 0.05) is 12.4 Å². The zero-order valence-electron chi connectivity index (χ0n) is 16.0. The Labute approximate surface area is 157 Å². The molecule has 26 heavy (non-hydrogen) atoms. The average Bonchev–Trinajstić information content (AvgIpc) is 2.69. The SMILES string of the molecule is CCCCCCCCc1cnc(C(=O)OC(CC)c2ccccc2)nc1. The zero-order valence-corrected chi connectivity index (χ0v) is 16.0. The number of aryl methyl sites for hydroxylation is 1. The monoisotopic (exact) mass is 354 g/mol. The van der Waals surface area contributed by atoms with Crippen molar-refractivity contribution in [2.75, 3.05) is 0 Å². The van der Waals surface area contributed by atoms with Crippen molar-refractivity contribution in [3.8, 4) is 0 Å². The van der Waals surface area contributed by atoms with Crippen LogP contribution in [0.5, 0.6) is 0 Å². The molecule has 0 saturated carbocycles. The predicted molar refractivity (Wildman–Crippen MR) is 104 cm³/mol. The molecular formula is C22H30N2O2. The molecule has 1 unspecified atom stereocenters. The molecule has 0 aliphatic carbocycles. The first-order valence-electron chi connectivity index (χ1n) is 9.81.